The first kappa shape index (κ1) is 13.2. The summed E-state index contributed by atoms with van der Waals surface area (Å²) in [5.41, 5.74) is 0.723. The van der Waals surface area contributed by atoms with Crippen LogP contribution < -0.4 is 5.14 Å². The van der Waals surface area contributed by atoms with Gasteiger partial charge in [0.1, 0.15) is 0 Å². The summed E-state index contributed by atoms with van der Waals surface area (Å²) in [4.78, 5) is 9.23. The Balaban J connectivity index is 2.41. The molecule has 2 aromatic heterocycles. The fraction of sp³-hybridized carbons (Fsp3) is 0.250. The fourth-order valence-corrected chi connectivity index (χ4v) is 2.18. The van der Waals surface area contributed by atoms with Gasteiger partial charge in [0.05, 0.1) is 24.0 Å². The third-order valence-electron chi connectivity index (χ3n) is 2.29. The van der Waals surface area contributed by atoms with E-state index >= 15 is 0 Å². The molecule has 2 N–H and O–H groups in total. The van der Waals surface area contributed by atoms with E-state index in [4.69, 9.17) is 5.14 Å². The Morgan fingerprint density at radius 3 is 2.58 bits per heavy atom. The summed E-state index contributed by atoms with van der Waals surface area (Å²) >= 11 is 0. The molecule has 0 amide bonds. The molecule has 0 saturated heterocycles. The zero-order valence-corrected chi connectivity index (χ0v) is 10.6. The summed E-state index contributed by atoms with van der Waals surface area (Å²) in [6.07, 6.45) is 4.26. The average Bonchev–Trinajstić information content (AvgIpc) is 2.85. The van der Waals surface area contributed by atoms with Crippen molar-refractivity contribution in [2.75, 3.05) is 0 Å². The first-order valence-electron chi connectivity index (χ1n) is 4.99. The Hall–Kier alpha value is -2.27. The monoisotopic (exact) mass is 286 g/mol. The van der Waals surface area contributed by atoms with E-state index in [1.807, 2.05) is 0 Å². The molecule has 0 aromatic carbocycles. The van der Waals surface area contributed by atoms with Gasteiger partial charge in [0.2, 0.25) is 14.9 Å². The van der Waals surface area contributed by atoms with Crippen molar-refractivity contribution >= 4 is 15.8 Å². The van der Waals surface area contributed by atoms with Crippen LogP contribution in [0.25, 0.3) is 0 Å². The molecule has 2 rings (SSSR count). The highest BCUT2D eigenvalue weighted by atomic mass is 32.2. The van der Waals surface area contributed by atoms with Crippen molar-refractivity contribution in [3.8, 4) is 0 Å². The maximum absolute atomic E-state index is 11.2. The number of sulfonamides is 1. The molecular formula is C8H10N6O4S. The standard InChI is InChI=1S/C8H10N6O4S/c1-12-3-6(2-10-12)4-13-5-7(19(9,17)18)8(11-13)14(15)16/h2-3,5H,4H2,1H3,(H2,9,17,18). The van der Waals surface area contributed by atoms with Crippen molar-refractivity contribution in [2.45, 2.75) is 11.4 Å². The predicted octanol–water partition coefficient (Wildman–Crippen LogP) is -0.779. The van der Waals surface area contributed by atoms with E-state index < -0.39 is 25.7 Å². The zero-order chi connectivity index (χ0) is 14.2. The van der Waals surface area contributed by atoms with E-state index in [9.17, 15) is 18.5 Å². The topological polar surface area (TPSA) is 139 Å². The van der Waals surface area contributed by atoms with Gasteiger partial charge in [-0.05, 0) is 4.92 Å². The number of primary sulfonamides is 1. The Bertz CT molecular complexity index is 730. The molecule has 0 saturated carbocycles. The lowest BCUT2D eigenvalue weighted by Gasteiger charge is -1.91. The molecule has 0 atom stereocenters. The van der Waals surface area contributed by atoms with Gasteiger partial charge in [0.15, 0.2) is 0 Å². The lowest BCUT2D eigenvalue weighted by molar-refractivity contribution is -0.392. The van der Waals surface area contributed by atoms with Crippen molar-refractivity contribution in [3.63, 3.8) is 0 Å². The van der Waals surface area contributed by atoms with Gasteiger partial charge in [-0.15, -0.1) is 0 Å². The molecule has 2 aromatic rings. The third-order valence-corrected chi connectivity index (χ3v) is 3.19. The van der Waals surface area contributed by atoms with E-state index in [0.29, 0.717) is 0 Å². The number of rotatable bonds is 4. The Labute approximate surface area is 107 Å². The Morgan fingerprint density at radius 2 is 2.16 bits per heavy atom. The van der Waals surface area contributed by atoms with Crippen LogP contribution in [0.5, 0.6) is 0 Å². The van der Waals surface area contributed by atoms with Gasteiger partial charge in [0, 0.05) is 18.8 Å². The maximum Gasteiger partial charge on any atom is 0.410 e. The molecule has 0 radical (unpaired) electrons. The molecule has 0 aliphatic rings. The molecule has 0 spiro atoms. The van der Waals surface area contributed by atoms with Crippen LogP contribution in [-0.2, 0) is 23.6 Å². The lowest BCUT2D eigenvalue weighted by atomic mass is 10.4. The summed E-state index contributed by atoms with van der Waals surface area (Å²) in [6.45, 7) is 0.157. The predicted molar refractivity (Wildman–Crippen MR) is 62.6 cm³/mol. The normalized spacial score (nSPS) is 11.7. The van der Waals surface area contributed by atoms with E-state index in [1.54, 1.807) is 24.1 Å². The van der Waals surface area contributed by atoms with Gasteiger partial charge in [-0.1, -0.05) is 0 Å². The third kappa shape index (κ3) is 2.77. The molecule has 0 unspecified atom stereocenters. The summed E-state index contributed by atoms with van der Waals surface area (Å²) in [6, 6.07) is 0. The lowest BCUT2D eigenvalue weighted by Crippen LogP contribution is -2.13. The summed E-state index contributed by atoms with van der Waals surface area (Å²) in [5.74, 6) is -0.786. The number of hydrogen-bond acceptors (Lipinski definition) is 6. The number of hydrogen-bond donors (Lipinski definition) is 1. The number of aromatic nitrogens is 4. The van der Waals surface area contributed by atoms with Crippen LogP contribution in [0.2, 0.25) is 0 Å². The summed E-state index contributed by atoms with van der Waals surface area (Å²) < 4.78 is 25.1. The first-order chi connectivity index (χ1) is 8.77. The van der Waals surface area contributed by atoms with Gasteiger partial charge in [-0.25, -0.2) is 13.6 Å². The molecule has 0 aliphatic carbocycles. The smallest absolute Gasteiger partial charge is 0.358 e. The molecule has 102 valence electrons. The van der Waals surface area contributed by atoms with Crippen LogP contribution in [0.1, 0.15) is 5.56 Å². The van der Waals surface area contributed by atoms with Crippen LogP contribution >= 0.6 is 0 Å². The van der Waals surface area contributed by atoms with Crippen molar-refractivity contribution in [1.29, 1.82) is 0 Å². The maximum atomic E-state index is 11.2. The molecule has 10 nitrogen and oxygen atoms in total. The highest BCUT2D eigenvalue weighted by Crippen LogP contribution is 2.20. The quantitative estimate of drug-likeness (QED) is 0.577. The van der Waals surface area contributed by atoms with Crippen LogP contribution in [0, 0.1) is 10.1 Å². The molecular weight excluding hydrogens is 276 g/mol. The van der Waals surface area contributed by atoms with Crippen molar-refractivity contribution < 1.29 is 13.3 Å². The number of nitrogens with two attached hydrogens (primary N) is 1. The van der Waals surface area contributed by atoms with Gasteiger partial charge in [-0.2, -0.15) is 9.78 Å². The van der Waals surface area contributed by atoms with Crippen molar-refractivity contribution in [3.05, 3.63) is 34.3 Å². The van der Waals surface area contributed by atoms with E-state index in [2.05, 4.69) is 10.2 Å². The second-order valence-corrected chi connectivity index (χ2v) is 5.37. The highest BCUT2D eigenvalue weighted by molar-refractivity contribution is 7.89. The second-order valence-electron chi connectivity index (χ2n) is 3.84. The first-order valence-corrected chi connectivity index (χ1v) is 6.54. The minimum Gasteiger partial charge on any atom is -0.358 e. The molecule has 11 heteroatoms. The minimum absolute atomic E-state index is 0.157. The van der Waals surface area contributed by atoms with Crippen molar-refractivity contribution in [2.24, 2.45) is 12.2 Å². The Kier molecular flexibility index (Phi) is 3.08. The van der Waals surface area contributed by atoms with Gasteiger partial charge >= 0.3 is 5.82 Å². The van der Waals surface area contributed by atoms with Crippen LogP contribution in [-0.4, -0.2) is 32.9 Å². The average molecular weight is 286 g/mol. The highest BCUT2D eigenvalue weighted by Gasteiger charge is 2.28. The van der Waals surface area contributed by atoms with Gasteiger partial charge in [0.25, 0.3) is 0 Å². The summed E-state index contributed by atoms with van der Waals surface area (Å²) in [7, 11) is -2.48. The van der Waals surface area contributed by atoms with Crippen LogP contribution in [0.3, 0.4) is 0 Å². The number of aryl methyl sites for hydroxylation is 1. The van der Waals surface area contributed by atoms with Crippen LogP contribution in [0.15, 0.2) is 23.5 Å². The SMILES string of the molecule is Cn1cc(Cn2cc(S(N)(=O)=O)c([N+](=O)[O-])n2)cn1. The van der Waals surface area contributed by atoms with Gasteiger partial charge in [-0.3, -0.25) is 4.68 Å². The fourth-order valence-electron chi connectivity index (χ4n) is 1.54. The Morgan fingerprint density at radius 1 is 1.47 bits per heavy atom. The second kappa shape index (κ2) is 4.44. The minimum atomic E-state index is -4.19. The van der Waals surface area contributed by atoms with Crippen LogP contribution in [0.4, 0.5) is 5.82 Å². The van der Waals surface area contributed by atoms with E-state index in [1.165, 1.54) is 0 Å². The van der Waals surface area contributed by atoms with E-state index in [-0.39, 0.29) is 6.54 Å². The molecule has 0 aliphatic heterocycles. The molecule has 2 heterocycles. The number of nitro groups is 1. The van der Waals surface area contributed by atoms with E-state index in [0.717, 1.165) is 16.4 Å². The zero-order valence-electron chi connectivity index (χ0n) is 9.79. The molecule has 0 fully saturated rings. The molecule has 0 bridgehead atoms. The van der Waals surface area contributed by atoms with Crippen molar-refractivity contribution in [1.82, 2.24) is 19.6 Å². The largest absolute Gasteiger partial charge is 0.410 e. The molecule has 19 heavy (non-hydrogen) atoms. The van der Waals surface area contributed by atoms with Gasteiger partial charge < -0.3 is 10.1 Å². The summed E-state index contributed by atoms with van der Waals surface area (Å²) in [5, 5.41) is 23.2. The number of nitrogens with zero attached hydrogens (tertiary/aromatic N) is 5.